The average Bonchev–Trinajstić information content (AvgIpc) is 2.59. The fourth-order valence-electron chi connectivity index (χ4n) is 4.02. The molecule has 7 nitrogen and oxygen atoms in total. The smallest absolute Gasteiger partial charge is 0.303 e. The molecule has 0 spiro atoms. The number of rotatable bonds is 3. The van der Waals surface area contributed by atoms with E-state index < -0.39 is 46.6 Å². The molecule has 2 N–H and O–H groups in total. The molecule has 0 unspecified atom stereocenters. The molecule has 2 aliphatic heterocycles. The first kappa shape index (κ1) is 18.6. The van der Waals surface area contributed by atoms with Crippen LogP contribution in [-0.2, 0) is 23.7 Å². The van der Waals surface area contributed by atoms with Gasteiger partial charge in [0.25, 0.3) is 0 Å². The van der Waals surface area contributed by atoms with Gasteiger partial charge in [0.05, 0.1) is 6.61 Å². The van der Waals surface area contributed by atoms with Gasteiger partial charge in [-0.25, -0.2) is 0 Å². The number of aliphatic hydroxyl groups excluding tert-OH is 1. The van der Waals surface area contributed by atoms with Crippen molar-refractivity contribution < 1.29 is 34.0 Å². The SMILES string of the molecule is CC(=O)O[C@@]1(C)[C@@]2(C)OC(C)(C)O[C@]2(C)O[C@@]1(C)[C@](C)(O)CO. The molecule has 2 fully saturated rings. The van der Waals surface area contributed by atoms with Crippen molar-refractivity contribution >= 4 is 5.97 Å². The van der Waals surface area contributed by atoms with Gasteiger partial charge in [-0.15, -0.1) is 0 Å². The largest absolute Gasteiger partial charge is 0.453 e. The number of aliphatic hydroxyl groups is 2. The minimum Gasteiger partial charge on any atom is -0.453 e. The Morgan fingerprint density at radius 2 is 1.61 bits per heavy atom. The zero-order chi connectivity index (χ0) is 18.1. The van der Waals surface area contributed by atoms with E-state index >= 15 is 0 Å². The number of carbonyl (C=O) groups is 1. The number of hydrogen-bond donors (Lipinski definition) is 2. The summed E-state index contributed by atoms with van der Waals surface area (Å²) in [6.07, 6.45) is 0. The van der Waals surface area contributed by atoms with Gasteiger partial charge in [0.1, 0.15) is 11.2 Å². The molecule has 23 heavy (non-hydrogen) atoms. The summed E-state index contributed by atoms with van der Waals surface area (Å²) >= 11 is 0. The van der Waals surface area contributed by atoms with Gasteiger partial charge in [0.15, 0.2) is 17.0 Å². The van der Waals surface area contributed by atoms with E-state index in [-0.39, 0.29) is 0 Å². The summed E-state index contributed by atoms with van der Waals surface area (Å²) in [5, 5.41) is 20.4. The quantitative estimate of drug-likeness (QED) is 0.747. The van der Waals surface area contributed by atoms with E-state index in [9.17, 15) is 15.0 Å². The van der Waals surface area contributed by atoms with E-state index in [1.165, 1.54) is 13.8 Å². The van der Waals surface area contributed by atoms with Crippen LogP contribution in [0.5, 0.6) is 0 Å². The highest BCUT2D eigenvalue weighted by atomic mass is 16.9. The lowest BCUT2D eigenvalue weighted by Crippen LogP contribution is -2.70. The molecule has 0 aliphatic carbocycles. The minimum atomic E-state index is -1.70. The Morgan fingerprint density at radius 1 is 1.09 bits per heavy atom. The third-order valence-corrected chi connectivity index (χ3v) is 5.66. The first-order valence-electron chi connectivity index (χ1n) is 7.73. The van der Waals surface area contributed by atoms with E-state index in [2.05, 4.69) is 0 Å². The van der Waals surface area contributed by atoms with Gasteiger partial charge in [0.2, 0.25) is 5.79 Å². The molecule has 0 amide bonds. The molecular formula is C16H28O7. The monoisotopic (exact) mass is 332 g/mol. The second-order valence-electron chi connectivity index (χ2n) is 7.78. The topological polar surface area (TPSA) is 94.5 Å². The first-order chi connectivity index (χ1) is 10.1. The van der Waals surface area contributed by atoms with Crippen molar-refractivity contribution in [1.82, 2.24) is 0 Å². The average molecular weight is 332 g/mol. The van der Waals surface area contributed by atoms with Crippen LogP contribution < -0.4 is 0 Å². The van der Waals surface area contributed by atoms with Crippen molar-refractivity contribution in [3.05, 3.63) is 0 Å². The molecule has 2 rings (SSSR count). The predicted octanol–water partition coefficient (Wildman–Crippen LogP) is 1.10. The molecular weight excluding hydrogens is 304 g/mol. The van der Waals surface area contributed by atoms with Crippen LogP contribution >= 0.6 is 0 Å². The second kappa shape index (κ2) is 4.67. The van der Waals surface area contributed by atoms with Crippen molar-refractivity contribution in [2.45, 2.75) is 89.4 Å². The highest BCUT2D eigenvalue weighted by Crippen LogP contribution is 2.64. The van der Waals surface area contributed by atoms with Gasteiger partial charge in [0, 0.05) is 6.92 Å². The zero-order valence-electron chi connectivity index (χ0n) is 15.1. The van der Waals surface area contributed by atoms with Crippen molar-refractivity contribution in [2.75, 3.05) is 6.61 Å². The molecule has 0 saturated carbocycles. The van der Waals surface area contributed by atoms with Crippen molar-refractivity contribution in [3.63, 3.8) is 0 Å². The van der Waals surface area contributed by atoms with Crippen LogP contribution in [-0.4, -0.2) is 56.8 Å². The van der Waals surface area contributed by atoms with E-state index in [1.54, 1.807) is 41.5 Å². The fourth-order valence-corrected chi connectivity index (χ4v) is 4.02. The Bertz CT molecular complexity index is 531. The molecule has 0 aromatic rings. The van der Waals surface area contributed by atoms with E-state index in [0.29, 0.717) is 0 Å². The maximum absolute atomic E-state index is 11.8. The number of fused-ring (bicyclic) bond motifs is 1. The standard InChI is InChI=1S/C16H28O7/c1-10(18)20-14(6)13(5,12(4,19)9-17)23-16(8)15(14,7)21-11(2,3)22-16/h17,19H,9H2,1-8H3/t12-,13+,14-,15-,16-/m1/s1. The highest BCUT2D eigenvalue weighted by Gasteiger charge is 2.84. The number of hydrogen-bond acceptors (Lipinski definition) is 7. The van der Waals surface area contributed by atoms with Gasteiger partial charge in [-0.05, 0) is 48.5 Å². The molecule has 0 radical (unpaired) electrons. The zero-order valence-corrected chi connectivity index (χ0v) is 15.1. The highest BCUT2D eigenvalue weighted by molar-refractivity contribution is 5.67. The van der Waals surface area contributed by atoms with Crippen molar-refractivity contribution in [2.24, 2.45) is 0 Å². The first-order valence-corrected chi connectivity index (χ1v) is 7.73. The van der Waals surface area contributed by atoms with Crippen LogP contribution in [0.1, 0.15) is 55.4 Å². The third kappa shape index (κ3) is 2.10. The van der Waals surface area contributed by atoms with Gasteiger partial charge in [-0.2, -0.15) is 0 Å². The summed E-state index contributed by atoms with van der Waals surface area (Å²) in [6, 6.07) is 0. The van der Waals surface area contributed by atoms with Crippen LogP contribution in [0.25, 0.3) is 0 Å². The third-order valence-electron chi connectivity index (χ3n) is 5.66. The van der Waals surface area contributed by atoms with Crippen LogP contribution in [0.4, 0.5) is 0 Å². The molecule has 0 aromatic carbocycles. The number of carbonyl (C=O) groups excluding carboxylic acids is 1. The Balaban J connectivity index is 2.69. The summed E-state index contributed by atoms with van der Waals surface area (Å²) < 4.78 is 23.8. The molecule has 2 aliphatic rings. The molecule has 0 aromatic heterocycles. The predicted molar refractivity (Wildman–Crippen MR) is 80.4 cm³/mol. The van der Waals surface area contributed by atoms with E-state index in [4.69, 9.17) is 18.9 Å². The lowest BCUT2D eigenvalue weighted by molar-refractivity contribution is -0.322. The molecule has 7 heteroatoms. The second-order valence-corrected chi connectivity index (χ2v) is 7.78. The van der Waals surface area contributed by atoms with Crippen molar-refractivity contribution in [3.8, 4) is 0 Å². The Morgan fingerprint density at radius 3 is 2.04 bits per heavy atom. The fraction of sp³-hybridized carbons (Fsp3) is 0.938. The minimum absolute atomic E-state index is 0.546. The summed E-state index contributed by atoms with van der Waals surface area (Å²) in [4.78, 5) is 11.8. The molecule has 2 heterocycles. The van der Waals surface area contributed by atoms with Crippen molar-refractivity contribution in [1.29, 1.82) is 0 Å². The lowest BCUT2D eigenvalue weighted by Gasteiger charge is -2.50. The Kier molecular flexibility index (Phi) is 3.78. The van der Waals surface area contributed by atoms with Gasteiger partial charge >= 0.3 is 5.97 Å². The van der Waals surface area contributed by atoms with Gasteiger partial charge in [-0.3, -0.25) is 4.79 Å². The van der Waals surface area contributed by atoms with Gasteiger partial charge in [-0.1, -0.05) is 0 Å². The summed E-state index contributed by atoms with van der Waals surface area (Å²) in [6.45, 7) is 12.2. The van der Waals surface area contributed by atoms with Gasteiger partial charge < -0.3 is 29.2 Å². The summed E-state index contributed by atoms with van der Waals surface area (Å²) in [5.74, 6) is -2.79. The van der Waals surface area contributed by atoms with Crippen LogP contribution in [0.2, 0.25) is 0 Å². The summed E-state index contributed by atoms with van der Waals surface area (Å²) in [5.41, 5.74) is -5.80. The number of esters is 1. The Labute approximate surface area is 136 Å². The lowest BCUT2D eigenvalue weighted by atomic mass is 9.67. The Hall–Kier alpha value is -0.730. The molecule has 0 bridgehead atoms. The maximum atomic E-state index is 11.8. The molecule has 5 atom stereocenters. The maximum Gasteiger partial charge on any atom is 0.303 e. The van der Waals surface area contributed by atoms with Crippen LogP contribution in [0.15, 0.2) is 0 Å². The molecule has 134 valence electrons. The van der Waals surface area contributed by atoms with E-state index in [1.807, 2.05) is 0 Å². The molecule has 2 saturated heterocycles. The summed E-state index contributed by atoms with van der Waals surface area (Å²) in [7, 11) is 0. The van der Waals surface area contributed by atoms with Crippen LogP contribution in [0.3, 0.4) is 0 Å². The normalized spacial score (nSPS) is 47.9. The number of ether oxygens (including phenoxy) is 4. The van der Waals surface area contributed by atoms with E-state index in [0.717, 1.165) is 0 Å². The van der Waals surface area contributed by atoms with Crippen LogP contribution in [0, 0.1) is 0 Å².